The van der Waals surface area contributed by atoms with Crippen LogP contribution in [0.25, 0.3) is 0 Å². The van der Waals surface area contributed by atoms with Crippen molar-refractivity contribution in [1.29, 1.82) is 0 Å². The molecule has 84 heavy (non-hydrogen) atoms. The molecule has 0 radical (unpaired) electrons. The average molecular weight is 1210 g/mol. The number of aliphatic hydroxyl groups is 2. The number of ether oxygens (including phenoxy) is 13. The number of aldehydes is 1. The Morgan fingerprint density at radius 3 is 1.14 bits per heavy atom. The van der Waals surface area contributed by atoms with Crippen LogP contribution < -0.4 is 0 Å². The second-order valence-electron chi connectivity index (χ2n) is 23.4. The molecule has 18 heteroatoms. The summed E-state index contributed by atoms with van der Waals surface area (Å²) in [5.74, 6) is -0.313. The van der Waals surface area contributed by atoms with Crippen molar-refractivity contribution in [3.63, 3.8) is 0 Å². The molecule has 6 aliphatic heterocycles. The maximum atomic E-state index is 12.2. The molecule has 6 rings (SSSR count). The number of rotatable bonds is 41. The van der Waals surface area contributed by atoms with Crippen LogP contribution in [0, 0.1) is 0 Å². The molecule has 0 amide bonds. The number of esters is 1. The Balaban J connectivity index is 0.000000373. The second-order valence-corrected chi connectivity index (χ2v) is 23.4. The van der Waals surface area contributed by atoms with Gasteiger partial charge in [0.25, 0.3) is 0 Å². The summed E-state index contributed by atoms with van der Waals surface area (Å²) in [4.78, 5) is 33.3. The lowest BCUT2D eigenvalue weighted by atomic mass is 10.1. The van der Waals surface area contributed by atoms with Gasteiger partial charge in [0.15, 0.2) is 55.9 Å². The monoisotopic (exact) mass is 1200 g/mol. The van der Waals surface area contributed by atoms with E-state index in [2.05, 4.69) is 41.5 Å². The zero-order valence-corrected chi connectivity index (χ0v) is 53.9. The molecule has 0 aromatic carbocycles. The van der Waals surface area contributed by atoms with Crippen LogP contribution in [0.1, 0.15) is 273 Å². The number of aliphatic hydroxyl groups excluding tert-OH is 2. The van der Waals surface area contributed by atoms with E-state index in [4.69, 9.17) is 71.8 Å². The van der Waals surface area contributed by atoms with Gasteiger partial charge in [-0.25, -0.2) is 4.79 Å². The Morgan fingerprint density at radius 2 is 0.750 bits per heavy atom. The highest BCUT2D eigenvalue weighted by Crippen LogP contribution is 2.23. The highest BCUT2D eigenvalue weighted by atomic mass is 16.8. The standard InChI is InChI=1S/C22H40O6.C11H22O3.C11H20O3.C11H22O3.C11H20O3/c1-3-5-7-9-11-13-20-24-15-18(27-20)16-26-22(23)19-17-25-21(28-19)14-12-10-8-6-4-2;2*1-2-3-4-5-6-7-11-13-8-10(12)9-14-11;2*1-2-3-4-5-6-7-11-13-9-10(8-12)14-11/h18-21H,3-17H2,1-2H3;10-12H,2-9H2,1H3;11H,2-9H2,1H3;10-12H,2-9H2,1H3;8,10-11H,2-7,9H2,1H3. The number of carbonyl (C=O) groups excluding carboxylic acids is 3. The molecule has 2 N–H and O–H groups in total. The zero-order valence-electron chi connectivity index (χ0n) is 53.9. The fourth-order valence-electron chi connectivity index (χ4n) is 10.0. The molecular weight excluding hydrogens is 1080 g/mol. The van der Waals surface area contributed by atoms with Crippen molar-refractivity contribution in [2.75, 3.05) is 66.1 Å². The molecule has 6 fully saturated rings. The number of hydrogen-bond donors (Lipinski definition) is 2. The van der Waals surface area contributed by atoms with Crippen molar-refractivity contribution < 1.29 is 86.2 Å². The first-order valence-corrected chi connectivity index (χ1v) is 34.1. The summed E-state index contributed by atoms with van der Waals surface area (Å²) < 4.78 is 70.7. The van der Waals surface area contributed by atoms with Gasteiger partial charge in [0.05, 0.1) is 46.2 Å². The number of carbonyl (C=O) groups is 3. The minimum Gasteiger partial charge on any atom is -0.461 e. The smallest absolute Gasteiger partial charge is 0.337 e. The van der Waals surface area contributed by atoms with Crippen LogP contribution >= 0.6 is 0 Å². The maximum absolute atomic E-state index is 12.2. The van der Waals surface area contributed by atoms with Gasteiger partial charge in [0.2, 0.25) is 0 Å². The Labute approximate surface area is 509 Å². The van der Waals surface area contributed by atoms with E-state index in [9.17, 15) is 14.4 Å². The summed E-state index contributed by atoms with van der Waals surface area (Å²) in [6.07, 6.45) is 41.3. The first-order chi connectivity index (χ1) is 41.1. The fourth-order valence-corrected chi connectivity index (χ4v) is 10.0. The van der Waals surface area contributed by atoms with Gasteiger partial charge in [0.1, 0.15) is 44.2 Å². The van der Waals surface area contributed by atoms with E-state index in [1.54, 1.807) is 0 Å². The number of Topliss-reactive ketones (excluding diaryl/α,β-unsaturated/α-hetero) is 1. The van der Waals surface area contributed by atoms with Crippen LogP contribution in [0.5, 0.6) is 0 Å². The van der Waals surface area contributed by atoms with E-state index >= 15 is 0 Å². The van der Waals surface area contributed by atoms with Crippen molar-refractivity contribution in [2.24, 2.45) is 0 Å². The average Bonchev–Trinajstić information content (AvgIpc) is 4.42. The number of ketones is 1. The van der Waals surface area contributed by atoms with Crippen molar-refractivity contribution in [1.82, 2.24) is 0 Å². The summed E-state index contributed by atoms with van der Waals surface area (Å²) >= 11 is 0. The Morgan fingerprint density at radius 1 is 0.417 bits per heavy atom. The molecule has 8 atom stereocenters. The molecule has 0 aromatic heterocycles. The first kappa shape index (κ1) is 78.3. The Bertz CT molecular complexity index is 1450. The predicted molar refractivity (Wildman–Crippen MR) is 325 cm³/mol. The Kier molecular flexibility index (Phi) is 51.6. The molecule has 0 aromatic rings. The van der Waals surface area contributed by atoms with Crippen LogP contribution in [0.2, 0.25) is 0 Å². The van der Waals surface area contributed by atoms with E-state index < -0.39 is 12.2 Å². The maximum Gasteiger partial charge on any atom is 0.337 e. The number of unbranched alkanes of at least 4 members (excludes halogenated alkanes) is 24. The van der Waals surface area contributed by atoms with Gasteiger partial charge in [-0.05, 0) is 77.0 Å². The summed E-state index contributed by atoms with van der Waals surface area (Å²) in [5.41, 5.74) is 0. The molecule has 6 saturated heterocycles. The molecule has 0 spiro atoms. The fraction of sp³-hybridized carbons (Fsp3) is 0.955. The molecule has 18 nitrogen and oxygen atoms in total. The molecule has 0 saturated carbocycles. The lowest BCUT2D eigenvalue weighted by Crippen LogP contribution is -2.35. The molecule has 0 aliphatic carbocycles. The molecular formula is C66H124O18. The minimum absolute atomic E-state index is 0.0484. The highest BCUT2D eigenvalue weighted by molar-refractivity contribution is 5.81. The lowest BCUT2D eigenvalue weighted by molar-refractivity contribution is -0.218. The van der Waals surface area contributed by atoms with Gasteiger partial charge < -0.3 is 76.6 Å². The van der Waals surface area contributed by atoms with Crippen LogP contribution in [-0.2, 0) is 76.0 Å². The lowest BCUT2D eigenvalue weighted by Gasteiger charge is -2.26. The zero-order chi connectivity index (χ0) is 60.9. The molecule has 6 heterocycles. The van der Waals surface area contributed by atoms with Gasteiger partial charge in [-0.3, -0.25) is 4.79 Å². The van der Waals surface area contributed by atoms with E-state index in [0.29, 0.717) is 33.0 Å². The summed E-state index contributed by atoms with van der Waals surface area (Å²) in [5, 5.41) is 17.9. The largest absolute Gasteiger partial charge is 0.461 e. The van der Waals surface area contributed by atoms with Crippen LogP contribution in [0.15, 0.2) is 0 Å². The highest BCUT2D eigenvalue weighted by Gasteiger charge is 2.34. The van der Waals surface area contributed by atoms with Gasteiger partial charge in [0, 0.05) is 0 Å². The number of hydrogen-bond acceptors (Lipinski definition) is 18. The van der Waals surface area contributed by atoms with Crippen LogP contribution in [0.4, 0.5) is 0 Å². The van der Waals surface area contributed by atoms with Gasteiger partial charge in [-0.15, -0.1) is 0 Å². The quantitative estimate of drug-likeness (QED) is 0.0331. The van der Waals surface area contributed by atoms with E-state index in [0.717, 1.165) is 70.5 Å². The summed E-state index contributed by atoms with van der Waals surface area (Å²) in [6, 6.07) is 0. The third kappa shape index (κ3) is 42.2. The first-order valence-electron chi connectivity index (χ1n) is 34.1. The third-order valence-electron chi connectivity index (χ3n) is 15.2. The van der Waals surface area contributed by atoms with Gasteiger partial charge >= 0.3 is 5.97 Å². The molecule has 8 unspecified atom stereocenters. The topological polar surface area (TPSA) is 212 Å². The predicted octanol–water partition coefficient (Wildman–Crippen LogP) is 13.5. The molecule has 6 aliphatic rings. The Hall–Kier alpha value is -1.75. The second kappa shape index (κ2) is 55.3. The van der Waals surface area contributed by atoms with E-state index in [1.807, 2.05) is 0 Å². The van der Waals surface area contributed by atoms with Crippen molar-refractivity contribution in [3.8, 4) is 0 Å². The SMILES string of the molecule is CCCCCCCC1OCC(=O)CO1.CCCCCCCC1OCC(C=O)O1.CCCCCCCC1OCC(CO)O1.CCCCCCCC1OCC(COC(=O)C2COC(CCCCCCC)O2)O1.CCCCCCCC1OCC(O)CO1. The van der Waals surface area contributed by atoms with E-state index in [-0.39, 0.29) is 101 Å². The van der Waals surface area contributed by atoms with Crippen LogP contribution in [0.3, 0.4) is 0 Å². The van der Waals surface area contributed by atoms with Crippen molar-refractivity contribution in [2.45, 2.75) is 341 Å². The van der Waals surface area contributed by atoms with Gasteiger partial charge in [-0.1, -0.05) is 196 Å². The van der Waals surface area contributed by atoms with Crippen molar-refractivity contribution >= 4 is 18.0 Å². The third-order valence-corrected chi connectivity index (χ3v) is 15.2. The van der Waals surface area contributed by atoms with Crippen LogP contribution in [-0.4, -0.2) is 163 Å². The van der Waals surface area contributed by atoms with Crippen molar-refractivity contribution in [3.05, 3.63) is 0 Å². The summed E-state index contributed by atoms with van der Waals surface area (Å²) in [7, 11) is 0. The molecule has 0 bridgehead atoms. The van der Waals surface area contributed by atoms with E-state index in [1.165, 1.54) is 167 Å². The van der Waals surface area contributed by atoms with Gasteiger partial charge in [-0.2, -0.15) is 0 Å². The summed E-state index contributed by atoms with van der Waals surface area (Å²) in [6.45, 7) is 16.6. The minimum atomic E-state index is -0.614. The normalized spacial score (nSPS) is 25.8. The molecule has 496 valence electrons.